The Balaban J connectivity index is 1.62. The van der Waals surface area contributed by atoms with Crippen molar-refractivity contribution in [2.24, 2.45) is 4.99 Å². The third kappa shape index (κ3) is 4.24. The summed E-state index contributed by atoms with van der Waals surface area (Å²) in [5.41, 5.74) is 10.4. The molecule has 180 valence electrons. The molecule has 1 aromatic carbocycles. The summed E-state index contributed by atoms with van der Waals surface area (Å²) in [6.45, 7) is 7.75. The monoisotopic (exact) mass is 492 g/mol. The smallest absolute Gasteiger partial charge is 0.324 e. The van der Waals surface area contributed by atoms with Crippen molar-refractivity contribution in [1.82, 2.24) is 10.3 Å². The summed E-state index contributed by atoms with van der Waals surface area (Å²) in [4.78, 5) is 23.6. The van der Waals surface area contributed by atoms with Gasteiger partial charge in [-0.1, -0.05) is 29.8 Å². The number of ether oxygens (including phenoxy) is 1. The van der Waals surface area contributed by atoms with Crippen molar-refractivity contribution in [3.05, 3.63) is 52.2 Å². The molecule has 1 aliphatic rings. The Morgan fingerprint density at radius 2 is 2.06 bits per heavy atom. The Labute approximate surface area is 205 Å². The van der Waals surface area contributed by atoms with Gasteiger partial charge in [-0.3, -0.25) is 9.32 Å². The Hall–Kier alpha value is -3.83. The van der Waals surface area contributed by atoms with E-state index in [4.69, 9.17) is 15.0 Å². The lowest BCUT2D eigenvalue weighted by Crippen LogP contribution is -2.62. The maximum Gasteiger partial charge on any atom is 0.324 e. The van der Waals surface area contributed by atoms with Gasteiger partial charge in [0.1, 0.15) is 4.83 Å². The Morgan fingerprint density at radius 1 is 1.29 bits per heavy atom. The predicted octanol–water partition coefficient (Wildman–Crippen LogP) is 2.05. The summed E-state index contributed by atoms with van der Waals surface area (Å²) in [5, 5.41) is 19.6. The number of rotatable bonds is 5. The zero-order chi connectivity index (χ0) is 24.7. The maximum atomic E-state index is 13.1. The summed E-state index contributed by atoms with van der Waals surface area (Å²) >= 11 is 1.15. The van der Waals surface area contributed by atoms with Crippen molar-refractivity contribution in [2.75, 3.05) is 37.0 Å². The number of ketones is 1. The molecule has 2 N–H and O–H groups in total. The number of benzene rings is 1. The summed E-state index contributed by atoms with van der Waals surface area (Å²) in [6.07, 6.45) is 1.54. The van der Waals surface area contributed by atoms with Crippen LogP contribution < -0.4 is 20.6 Å². The lowest BCUT2D eigenvalue weighted by molar-refractivity contribution is -0.759. The molecule has 0 spiro atoms. The van der Waals surface area contributed by atoms with Gasteiger partial charge >= 0.3 is 5.88 Å². The number of nitrogen functional groups attached to an aromatic ring is 1. The highest BCUT2D eigenvalue weighted by Gasteiger charge is 2.25. The minimum absolute atomic E-state index is 0.0609. The molecule has 0 atom stereocenters. The third-order valence-electron chi connectivity index (χ3n) is 5.84. The number of aliphatic imine (C=N–C) groups is 1. The largest absolute Gasteiger partial charge is 0.857 e. The minimum Gasteiger partial charge on any atom is -0.857 e. The van der Waals surface area contributed by atoms with E-state index in [2.05, 4.69) is 15.2 Å². The van der Waals surface area contributed by atoms with Gasteiger partial charge in [0, 0.05) is 22.4 Å². The molecule has 1 saturated heterocycles. The van der Waals surface area contributed by atoms with Gasteiger partial charge < -0.3 is 15.6 Å². The summed E-state index contributed by atoms with van der Waals surface area (Å²) in [5.74, 6) is -0.621. The van der Waals surface area contributed by atoms with Crippen LogP contribution in [0.15, 0.2) is 40.0 Å². The number of fused-ring (bicyclic) bond motifs is 1. The zero-order valence-electron chi connectivity index (χ0n) is 19.6. The number of aromatic nitrogens is 3. The van der Waals surface area contributed by atoms with Crippen LogP contribution in [-0.4, -0.2) is 48.2 Å². The van der Waals surface area contributed by atoms with E-state index in [0.717, 1.165) is 22.5 Å². The molecular formula is C24H24N6O4S. The van der Waals surface area contributed by atoms with Crippen molar-refractivity contribution in [3.8, 4) is 11.1 Å². The van der Waals surface area contributed by atoms with Crippen molar-refractivity contribution < 1.29 is 24.0 Å². The molecule has 5 rings (SSSR count). The number of carbonyl (C=O) groups is 1. The summed E-state index contributed by atoms with van der Waals surface area (Å²) < 4.78 is 10.6. The number of nitrogens with two attached hydrogens (primary N) is 1. The van der Waals surface area contributed by atoms with Crippen molar-refractivity contribution >= 4 is 44.8 Å². The topological polar surface area (TPSA) is 134 Å². The number of aryl methyl sites for hydroxylation is 2. The first-order valence-corrected chi connectivity index (χ1v) is 11.9. The minimum atomic E-state index is -0.562. The van der Waals surface area contributed by atoms with Crippen molar-refractivity contribution in [1.29, 1.82) is 0 Å². The molecule has 4 aromatic rings. The van der Waals surface area contributed by atoms with Gasteiger partial charge in [0.15, 0.2) is 5.78 Å². The molecule has 0 aliphatic carbocycles. The number of carbonyl (C=O) groups excluding carboxylic acids is 1. The fourth-order valence-corrected chi connectivity index (χ4v) is 5.30. The molecule has 0 amide bonds. The first kappa shape index (κ1) is 22.9. The second kappa shape index (κ2) is 9.08. The molecule has 10 nitrogen and oxygen atoms in total. The van der Waals surface area contributed by atoms with Crippen LogP contribution in [0, 0.1) is 13.8 Å². The SMILES string of the molecule is CC(=O)c1c(C)nc2sc(/C([O-])=N/c3c[n+](N4CCOCC4)no3)c(N)c2c1-c1cccc(C)c1. The maximum absolute atomic E-state index is 13.1. The number of anilines is 1. The number of nitrogens with zero attached hydrogens (tertiary/aromatic N) is 5. The standard InChI is InChI=1S/C24H24N6O4S/c1-13-5-4-6-16(11-13)19-18(15(3)31)14(2)26-24-20(19)21(25)22(35-24)23(32)27-17-12-30(28-34-17)29-7-9-33-10-8-29/h4-6,11-12H,7-10H2,1-3H3,(H2-,25,27,28,32). The predicted molar refractivity (Wildman–Crippen MR) is 131 cm³/mol. The van der Waals surface area contributed by atoms with Crippen LogP contribution in [-0.2, 0) is 4.74 Å². The molecule has 0 radical (unpaired) electrons. The second-order valence-corrected chi connectivity index (χ2v) is 9.34. The molecule has 4 heterocycles. The van der Waals surface area contributed by atoms with E-state index >= 15 is 0 Å². The molecule has 0 bridgehead atoms. The number of thiophene rings is 1. The lowest BCUT2D eigenvalue weighted by atomic mass is 9.92. The highest BCUT2D eigenvalue weighted by molar-refractivity contribution is 7.21. The van der Waals surface area contributed by atoms with Crippen LogP contribution in [0.3, 0.4) is 0 Å². The van der Waals surface area contributed by atoms with Crippen LogP contribution in [0.1, 0.15) is 33.4 Å². The number of hydrogen-bond acceptors (Lipinski definition) is 10. The van der Waals surface area contributed by atoms with Crippen LogP contribution in [0.4, 0.5) is 11.6 Å². The number of Topliss-reactive ketones (excluding diaryl/α,β-unsaturated/α-hetero) is 1. The van der Waals surface area contributed by atoms with Gasteiger partial charge in [0.25, 0.3) is 6.20 Å². The van der Waals surface area contributed by atoms with Crippen molar-refractivity contribution in [3.63, 3.8) is 0 Å². The average Bonchev–Trinajstić information content (AvgIpc) is 3.43. The molecule has 3 aromatic heterocycles. The van der Waals surface area contributed by atoms with E-state index in [0.29, 0.717) is 53.3 Å². The molecule has 35 heavy (non-hydrogen) atoms. The van der Waals surface area contributed by atoms with Gasteiger partial charge in [-0.2, -0.15) is 0 Å². The first-order chi connectivity index (χ1) is 16.8. The number of pyridine rings is 1. The second-order valence-electron chi connectivity index (χ2n) is 8.34. The van der Waals surface area contributed by atoms with Gasteiger partial charge in [0.05, 0.1) is 47.4 Å². The average molecular weight is 493 g/mol. The van der Waals surface area contributed by atoms with Gasteiger partial charge in [-0.05, 0) is 26.3 Å². The third-order valence-corrected chi connectivity index (χ3v) is 6.93. The van der Waals surface area contributed by atoms with E-state index < -0.39 is 5.90 Å². The van der Waals surface area contributed by atoms with Crippen LogP contribution in [0.5, 0.6) is 0 Å². The van der Waals surface area contributed by atoms with E-state index in [1.165, 1.54) is 11.7 Å². The Morgan fingerprint density at radius 3 is 2.77 bits per heavy atom. The highest BCUT2D eigenvalue weighted by Crippen LogP contribution is 2.42. The van der Waals surface area contributed by atoms with Gasteiger partial charge in [0.2, 0.25) is 5.27 Å². The molecule has 1 aliphatic heterocycles. The fourth-order valence-electron chi connectivity index (χ4n) is 4.27. The van der Waals surface area contributed by atoms with Crippen LogP contribution >= 0.6 is 11.3 Å². The number of hydrogen-bond donors (Lipinski definition) is 1. The Bertz CT molecular complexity index is 1470. The van der Waals surface area contributed by atoms with E-state index in [9.17, 15) is 9.90 Å². The fraction of sp³-hybridized carbons (Fsp3) is 0.292. The lowest BCUT2D eigenvalue weighted by Gasteiger charge is -2.18. The van der Waals surface area contributed by atoms with E-state index in [1.807, 2.05) is 36.2 Å². The van der Waals surface area contributed by atoms with E-state index in [1.54, 1.807) is 13.1 Å². The first-order valence-electron chi connectivity index (χ1n) is 11.1. The molecular weight excluding hydrogens is 468 g/mol. The van der Waals surface area contributed by atoms with Gasteiger partial charge in [-0.15, -0.1) is 16.3 Å². The molecule has 0 unspecified atom stereocenters. The molecule has 11 heteroatoms. The molecule has 1 fully saturated rings. The number of morpholine rings is 1. The van der Waals surface area contributed by atoms with Crippen LogP contribution in [0.25, 0.3) is 21.3 Å². The summed E-state index contributed by atoms with van der Waals surface area (Å²) in [6, 6.07) is 7.82. The van der Waals surface area contributed by atoms with Crippen LogP contribution in [0.2, 0.25) is 0 Å². The molecule has 0 saturated carbocycles. The quantitative estimate of drug-likeness (QED) is 0.194. The Kier molecular flexibility index (Phi) is 5.95. The normalized spacial score (nSPS) is 14.6. The van der Waals surface area contributed by atoms with Gasteiger partial charge in [-0.25, -0.2) is 9.98 Å². The highest BCUT2D eigenvalue weighted by atomic mass is 32.1. The van der Waals surface area contributed by atoms with Crippen molar-refractivity contribution in [2.45, 2.75) is 20.8 Å². The zero-order valence-corrected chi connectivity index (χ0v) is 20.4. The van der Waals surface area contributed by atoms with E-state index in [-0.39, 0.29) is 22.2 Å². The summed E-state index contributed by atoms with van der Waals surface area (Å²) in [7, 11) is 0.